The molecule has 0 spiro atoms. The van der Waals surface area contributed by atoms with E-state index in [1.54, 1.807) is 31.2 Å². The molecule has 1 amide bonds. The molecule has 6 nitrogen and oxygen atoms in total. The standard InChI is InChI=1S/C11H9N5O/c1-7-10(15-16-14-7)11(17)13-9-4-2-8(6-12)3-5-9/h2-5H,1H3,(H,13,17)(H,14,15,16). The molecule has 0 bridgehead atoms. The largest absolute Gasteiger partial charge is 0.321 e. The Balaban J connectivity index is 2.14. The molecule has 0 saturated heterocycles. The van der Waals surface area contributed by atoms with Gasteiger partial charge in [0.25, 0.3) is 5.91 Å². The van der Waals surface area contributed by atoms with E-state index in [0.29, 0.717) is 16.9 Å². The summed E-state index contributed by atoms with van der Waals surface area (Å²) in [5.74, 6) is -0.332. The summed E-state index contributed by atoms with van der Waals surface area (Å²) in [6, 6.07) is 8.58. The van der Waals surface area contributed by atoms with E-state index in [9.17, 15) is 4.79 Å². The van der Waals surface area contributed by atoms with E-state index < -0.39 is 0 Å². The van der Waals surface area contributed by atoms with E-state index >= 15 is 0 Å². The van der Waals surface area contributed by atoms with Crippen LogP contribution >= 0.6 is 0 Å². The number of nitrogens with zero attached hydrogens (tertiary/aromatic N) is 3. The van der Waals surface area contributed by atoms with Crippen LogP contribution in [-0.2, 0) is 0 Å². The predicted molar refractivity (Wildman–Crippen MR) is 60.2 cm³/mol. The summed E-state index contributed by atoms with van der Waals surface area (Å²) in [5, 5.41) is 21.2. The lowest BCUT2D eigenvalue weighted by Crippen LogP contribution is -2.13. The van der Waals surface area contributed by atoms with Crippen molar-refractivity contribution < 1.29 is 4.79 Å². The summed E-state index contributed by atoms with van der Waals surface area (Å²) in [4.78, 5) is 11.8. The van der Waals surface area contributed by atoms with E-state index in [1.165, 1.54) is 0 Å². The first-order chi connectivity index (χ1) is 8.20. The Morgan fingerprint density at radius 2 is 2.06 bits per heavy atom. The minimum absolute atomic E-state index is 0.259. The second-order valence-corrected chi connectivity index (χ2v) is 3.40. The van der Waals surface area contributed by atoms with Crippen molar-refractivity contribution in [2.75, 3.05) is 5.32 Å². The highest BCUT2D eigenvalue weighted by molar-refractivity contribution is 6.03. The molecule has 0 unspecified atom stereocenters. The van der Waals surface area contributed by atoms with Crippen LogP contribution in [0.25, 0.3) is 0 Å². The van der Waals surface area contributed by atoms with Crippen LogP contribution in [-0.4, -0.2) is 21.3 Å². The lowest BCUT2D eigenvalue weighted by atomic mass is 10.2. The zero-order chi connectivity index (χ0) is 12.3. The van der Waals surface area contributed by atoms with Crippen LogP contribution in [0.5, 0.6) is 0 Å². The third-order valence-electron chi connectivity index (χ3n) is 2.21. The summed E-state index contributed by atoms with van der Waals surface area (Å²) in [7, 11) is 0. The van der Waals surface area contributed by atoms with Gasteiger partial charge < -0.3 is 5.32 Å². The highest BCUT2D eigenvalue weighted by Crippen LogP contribution is 2.10. The van der Waals surface area contributed by atoms with E-state index in [0.717, 1.165) is 0 Å². The topological polar surface area (TPSA) is 94.5 Å². The molecule has 84 valence electrons. The van der Waals surface area contributed by atoms with Crippen molar-refractivity contribution in [3.05, 3.63) is 41.2 Å². The molecule has 0 aliphatic rings. The second-order valence-electron chi connectivity index (χ2n) is 3.40. The Morgan fingerprint density at radius 1 is 1.35 bits per heavy atom. The van der Waals surface area contributed by atoms with Crippen molar-refractivity contribution in [1.29, 1.82) is 5.26 Å². The number of benzene rings is 1. The second kappa shape index (κ2) is 4.45. The van der Waals surface area contributed by atoms with Crippen LogP contribution in [0, 0.1) is 18.3 Å². The molecular formula is C11H9N5O. The summed E-state index contributed by atoms with van der Waals surface area (Å²) in [6.45, 7) is 1.69. The number of aryl methyl sites for hydroxylation is 1. The molecule has 2 aromatic rings. The number of aromatic amines is 1. The number of hydrogen-bond donors (Lipinski definition) is 2. The van der Waals surface area contributed by atoms with Crippen LogP contribution in [0.1, 0.15) is 21.7 Å². The molecule has 1 heterocycles. The van der Waals surface area contributed by atoms with Gasteiger partial charge in [-0.05, 0) is 31.2 Å². The van der Waals surface area contributed by atoms with Crippen molar-refractivity contribution in [3.8, 4) is 6.07 Å². The number of H-pyrrole nitrogens is 1. The van der Waals surface area contributed by atoms with Gasteiger partial charge in [-0.25, -0.2) is 0 Å². The highest BCUT2D eigenvalue weighted by Gasteiger charge is 2.12. The first-order valence-corrected chi connectivity index (χ1v) is 4.89. The zero-order valence-electron chi connectivity index (χ0n) is 9.06. The van der Waals surface area contributed by atoms with Crippen LogP contribution < -0.4 is 5.32 Å². The summed E-state index contributed by atoms with van der Waals surface area (Å²) < 4.78 is 0. The molecule has 1 aromatic carbocycles. The normalized spacial score (nSPS) is 9.65. The molecular weight excluding hydrogens is 218 g/mol. The van der Waals surface area contributed by atoms with Crippen molar-refractivity contribution in [2.45, 2.75) is 6.92 Å². The summed E-state index contributed by atoms with van der Waals surface area (Å²) >= 11 is 0. The number of anilines is 1. The molecule has 0 atom stereocenters. The van der Waals surface area contributed by atoms with Gasteiger partial charge in [0.2, 0.25) is 0 Å². The molecule has 2 N–H and O–H groups in total. The van der Waals surface area contributed by atoms with E-state index in [1.807, 2.05) is 6.07 Å². The number of hydrogen-bond acceptors (Lipinski definition) is 4. The van der Waals surface area contributed by atoms with Gasteiger partial charge in [0, 0.05) is 5.69 Å². The fourth-order valence-corrected chi connectivity index (χ4v) is 1.32. The van der Waals surface area contributed by atoms with Gasteiger partial charge >= 0.3 is 0 Å². The molecule has 1 aromatic heterocycles. The van der Waals surface area contributed by atoms with Crippen molar-refractivity contribution in [2.24, 2.45) is 0 Å². The maximum Gasteiger partial charge on any atom is 0.278 e. The lowest BCUT2D eigenvalue weighted by Gasteiger charge is -2.02. The Morgan fingerprint density at radius 3 is 2.59 bits per heavy atom. The van der Waals surface area contributed by atoms with Gasteiger partial charge in [0.15, 0.2) is 5.69 Å². The van der Waals surface area contributed by atoms with Crippen LogP contribution in [0.3, 0.4) is 0 Å². The van der Waals surface area contributed by atoms with Crippen LogP contribution in [0.15, 0.2) is 24.3 Å². The van der Waals surface area contributed by atoms with Gasteiger partial charge in [-0.1, -0.05) is 0 Å². The minimum Gasteiger partial charge on any atom is -0.321 e. The monoisotopic (exact) mass is 227 g/mol. The number of nitriles is 1. The fraction of sp³-hybridized carbons (Fsp3) is 0.0909. The third kappa shape index (κ3) is 2.29. The first-order valence-electron chi connectivity index (χ1n) is 4.89. The number of rotatable bonds is 2. The van der Waals surface area contributed by atoms with Gasteiger partial charge in [-0.15, -0.1) is 0 Å². The number of aromatic nitrogens is 3. The molecule has 2 rings (SSSR count). The Labute approximate surface area is 97.3 Å². The van der Waals surface area contributed by atoms with Gasteiger partial charge in [-0.3, -0.25) is 4.79 Å². The van der Waals surface area contributed by atoms with Crippen LogP contribution in [0.4, 0.5) is 5.69 Å². The molecule has 0 radical (unpaired) electrons. The Kier molecular flexibility index (Phi) is 2.83. The van der Waals surface area contributed by atoms with E-state index in [-0.39, 0.29) is 11.6 Å². The highest BCUT2D eigenvalue weighted by atomic mass is 16.2. The molecule has 0 aliphatic heterocycles. The SMILES string of the molecule is Cc1n[nH]nc1C(=O)Nc1ccc(C#N)cc1. The molecule has 0 saturated carbocycles. The van der Waals surface area contributed by atoms with E-state index in [2.05, 4.69) is 20.7 Å². The Bertz CT molecular complexity index is 579. The predicted octanol–water partition coefficient (Wildman–Crippen LogP) is 1.24. The van der Waals surface area contributed by atoms with Crippen LogP contribution in [0.2, 0.25) is 0 Å². The smallest absolute Gasteiger partial charge is 0.278 e. The Hall–Kier alpha value is -2.68. The zero-order valence-corrected chi connectivity index (χ0v) is 9.06. The van der Waals surface area contributed by atoms with Gasteiger partial charge in [0.1, 0.15) is 0 Å². The lowest BCUT2D eigenvalue weighted by molar-refractivity contribution is 0.102. The molecule has 0 fully saturated rings. The summed E-state index contributed by atoms with van der Waals surface area (Å²) in [6.07, 6.45) is 0. The van der Waals surface area contributed by atoms with Crippen molar-refractivity contribution in [1.82, 2.24) is 15.4 Å². The molecule has 0 aliphatic carbocycles. The van der Waals surface area contributed by atoms with Crippen molar-refractivity contribution >= 4 is 11.6 Å². The summed E-state index contributed by atoms with van der Waals surface area (Å²) in [5.41, 5.74) is 1.95. The molecule has 17 heavy (non-hydrogen) atoms. The van der Waals surface area contributed by atoms with Crippen molar-refractivity contribution in [3.63, 3.8) is 0 Å². The molecule has 6 heteroatoms. The maximum atomic E-state index is 11.8. The van der Waals surface area contributed by atoms with Gasteiger partial charge in [-0.2, -0.15) is 20.7 Å². The number of carbonyl (C=O) groups excluding carboxylic acids is 1. The number of nitrogens with one attached hydrogen (secondary N) is 2. The maximum absolute atomic E-state index is 11.8. The number of carbonyl (C=O) groups is 1. The number of amides is 1. The first kappa shape index (κ1) is 10.8. The average molecular weight is 227 g/mol. The van der Waals surface area contributed by atoms with E-state index in [4.69, 9.17) is 5.26 Å². The third-order valence-corrected chi connectivity index (χ3v) is 2.21. The average Bonchev–Trinajstić information content (AvgIpc) is 2.76. The van der Waals surface area contributed by atoms with Gasteiger partial charge in [0.05, 0.1) is 17.3 Å². The fourth-order valence-electron chi connectivity index (χ4n) is 1.32. The minimum atomic E-state index is -0.332. The quantitative estimate of drug-likeness (QED) is 0.806.